The van der Waals surface area contributed by atoms with Crippen LogP contribution in [-0.2, 0) is 9.53 Å². The molecular formula is C11H32O3. The Kier molecular flexibility index (Phi) is 61.4. The molecule has 0 heterocycles. The highest BCUT2D eigenvalue weighted by molar-refractivity contribution is 5.69. The van der Waals surface area contributed by atoms with E-state index in [0.717, 1.165) is 0 Å². The first-order valence-corrected chi connectivity index (χ1v) is 2.95. The maximum absolute atomic E-state index is 10.4. The van der Waals surface area contributed by atoms with Crippen molar-refractivity contribution in [1.29, 1.82) is 0 Å². The molecule has 94 valence electrons. The molecule has 1 N–H and O–H groups in total. The molecule has 0 amide bonds. The van der Waals surface area contributed by atoms with Crippen LogP contribution in [0.25, 0.3) is 0 Å². The van der Waals surface area contributed by atoms with Gasteiger partial charge in [0, 0.05) is 0 Å². The molecule has 14 heavy (non-hydrogen) atoms. The molecule has 0 rings (SSSR count). The maximum Gasteiger partial charge on any atom is 0.308 e. The predicted molar refractivity (Wildman–Crippen MR) is 66.6 cm³/mol. The van der Waals surface area contributed by atoms with Gasteiger partial charge in [-0.3, -0.25) is 4.79 Å². The van der Waals surface area contributed by atoms with E-state index >= 15 is 0 Å². The van der Waals surface area contributed by atoms with Gasteiger partial charge in [-0.05, 0) is 6.42 Å². The van der Waals surface area contributed by atoms with Gasteiger partial charge in [0.2, 0.25) is 0 Å². The van der Waals surface area contributed by atoms with Crippen molar-refractivity contribution in [2.45, 2.75) is 63.0 Å². The van der Waals surface area contributed by atoms with E-state index in [2.05, 4.69) is 4.74 Å². The summed E-state index contributed by atoms with van der Waals surface area (Å²) in [6.45, 7) is 1.81. The van der Waals surface area contributed by atoms with Gasteiger partial charge in [0.05, 0.1) is 19.6 Å². The fraction of sp³-hybridized carbons (Fsp3) is 0.909. The lowest BCUT2D eigenvalue weighted by atomic mass is 10.2. The van der Waals surface area contributed by atoms with Gasteiger partial charge >= 0.3 is 5.97 Å². The summed E-state index contributed by atoms with van der Waals surface area (Å²) in [7, 11) is 1.31. The molecule has 0 saturated heterocycles. The fourth-order valence-corrected chi connectivity index (χ4v) is 0.420. The van der Waals surface area contributed by atoms with Gasteiger partial charge in [0.25, 0.3) is 0 Å². The standard InChI is InChI=1S/C6H12O3.5CH4/c1-3-5(7)4-6(8)9-2;;;;;/h5,7H,3-4H2,1-2H3;5*1H4. The summed E-state index contributed by atoms with van der Waals surface area (Å²) in [6.07, 6.45) is 0.152. The number of carbonyl (C=O) groups is 1. The minimum absolute atomic E-state index is 0. The van der Waals surface area contributed by atoms with E-state index in [1.165, 1.54) is 7.11 Å². The number of ether oxygens (including phenoxy) is 1. The summed E-state index contributed by atoms with van der Waals surface area (Å²) in [5.74, 6) is -0.357. The van der Waals surface area contributed by atoms with E-state index in [-0.39, 0.29) is 49.5 Å². The van der Waals surface area contributed by atoms with Crippen molar-refractivity contribution in [2.24, 2.45) is 0 Å². The lowest BCUT2D eigenvalue weighted by Crippen LogP contribution is -2.12. The van der Waals surface area contributed by atoms with Crippen molar-refractivity contribution < 1.29 is 14.6 Å². The third-order valence-electron chi connectivity index (χ3n) is 1.10. The van der Waals surface area contributed by atoms with Crippen molar-refractivity contribution >= 4 is 5.97 Å². The fourth-order valence-electron chi connectivity index (χ4n) is 0.420. The maximum atomic E-state index is 10.4. The van der Waals surface area contributed by atoms with Crippen LogP contribution in [0.5, 0.6) is 0 Å². The largest absolute Gasteiger partial charge is 0.469 e. The lowest BCUT2D eigenvalue weighted by molar-refractivity contribution is -0.142. The van der Waals surface area contributed by atoms with Crippen LogP contribution in [0.1, 0.15) is 56.9 Å². The molecule has 1 unspecified atom stereocenters. The van der Waals surface area contributed by atoms with Gasteiger partial charge in [-0.1, -0.05) is 44.1 Å². The van der Waals surface area contributed by atoms with E-state index in [4.69, 9.17) is 5.11 Å². The number of aliphatic hydroxyl groups is 1. The number of aliphatic hydroxyl groups excluding tert-OH is 1. The van der Waals surface area contributed by atoms with Crippen LogP contribution in [-0.4, -0.2) is 24.3 Å². The molecule has 0 spiro atoms. The Morgan fingerprint density at radius 2 is 1.57 bits per heavy atom. The number of rotatable bonds is 3. The summed E-state index contributed by atoms with van der Waals surface area (Å²) in [5, 5.41) is 8.86. The van der Waals surface area contributed by atoms with Gasteiger partial charge in [-0.15, -0.1) is 0 Å². The summed E-state index contributed by atoms with van der Waals surface area (Å²) >= 11 is 0. The number of carbonyl (C=O) groups excluding carboxylic acids is 1. The summed E-state index contributed by atoms with van der Waals surface area (Å²) < 4.78 is 4.32. The van der Waals surface area contributed by atoms with E-state index < -0.39 is 6.10 Å². The molecule has 0 aromatic heterocycles. The Bertz CT molecular complexity index is 92.5. The smallest absolute Gasteiger partial charge is 0.308 e. The zero-order chi connectivity index (χ0) is 7.28. The third kappa shape index (κ3) is 22.5. The quantitative estimate of drug-likeness (QED) is 0.728. The second-order valence-electron chi connectivity index (χ2n) is 1.84. The van der Waals surface area contributed by atoms with E-state index in [0.29, 0.717) is 6.42 Å². The number of hydrogen-bond donors (Lipinski definition) is 1. The first kappa shape index (κ1) is 37.6. The molecule has 1 atom stereocenters. The van der Waals surface area contributed by atoms with Crippen molar-refractivity contribution in [1.82, 2.24) is 0 Å². The second-order valence-corrected chi connectivity index (χ2v) is 1.84. The Hall–Kier alpha value is -0.570. The highest BCUT2D eigenvalue weighted by Gasteiger charge is 2.06. The van der Waals surface area contributed by atoms with Crippen molar-refractivity contribution in [3.63, 3.8) is 0 Å². The Morgan fingerprint density at radius 3 is 1.79 bits per heavy atom. The molecule has 3 heteroatoms. The number of esters is 1. The van der Waals surface area contributed by atoms with Gasteiger partial charge in [-0.2, -0.15) is 0 Å². The van der Waals surface area contributed by atoms with Gasteiger partial charge in [0.15, 0.2) is 0 Å². The van der Waals surface area contributed by atoms with Crippen molar-refractivity contribution in [2.75, 3.05) is 7.11 Å². The molecule has 0 aromatic carbocycles. The molecule has 0 aliphatic heterocycles. The summed E-state index contributed by atoms with van der Waals surface area (Å²) in [5.41, 5.74) is 0. The average molecular weight is 212 g/mol. The highest BCUT2D eigenvalue weighted by Crippen LogP contribution is 1.96. The molecule has 0 aromatic rings. The molecule has 0 bridgehead atoms. The zero-order valence-corrected chi connectivity index (χ0v) is 5.76. The molecule has 0 fully saturated rings. The monoisotopic (exact) mass is 212 g/mol. The molecule has 0 aliphatic rings. The third-order valence-corrected chi connectivity index (χ3v) is 1.10. The molecule has 0 saturated carbocycles. The second kappa shape index (κ2) is 22.9. The molecule has 3 nitrogen and oxygen atoms in total. The van der Waals surface area contributed by atoms with Crippen LogP contribution >= 0.6 is 0 Å². The SMILES string of the molecule is C.C.C.C.C.CCC(O)CC(=O)OC. The lowest BCUT2D eigenvalue weighted by Gasteiger charge is -2.03. The minimum Gasteiger partial charge on any atom is -0.469 e. The van der Waals surface area contributed by atoms with Crippen molar-refractivity contribution in [3.05, 3.63) is 0 Å². The predicted octanol–water partition coefficient (Wildman–Crippen LogP) is 3.50. The van der Waals surface area contributed by atoms with Crippen LogP contribution in [0.15, 0.2) is 0 Å². The highest BCUT2D eigenvalue weighted by atomic mass is 16.5. The Balaban J connectivity index is -0.0000000320. The van der Waals surface area contributed by atoms with Crippen LogP contribution in [0.2, 0.25) is 0 Å². The van der Waals surface area contributed by atoms with E-state index in [1.807, 2.05) is 6.92 Å². The number of hydrogen-bond acceptors (Lipinski definition) is 3. The Labute approximate surface area is 91.5 Å². The van der Waals surface area contributed by atoms with Crippen LogP contribution in [0.4, 0.5) is 0 Å². The van der Waals surface area contributed by atoms with Crippen molar-refractivity contribution in [3.8, 4) is 0 Å². The van der Waals surface area contributed by atoms with E-state index in [9.17, 15) is 4.79 Å². The van der Waals surface area contributed by atoms with Gasteiger partial charge in [-0.25, -0.2) is 0 Å². The molecule has 0 aliphatic carbocycles. The summed E-state index contributed by atoms with van der Waals surface area (Å²) in [4.78, 5) is 10.4. The summed E-state index contributed by atoms with van der Waals surface area (Å²) in [6, 6.07) is 0. The first-order valence-electron chi connectivity index (χ1n) is 2.95. The van der Waals surface area contributed by atoms with E-state index in [1.54, 1.807) is 0 Å². The average Bonchev–Trinajstić information content (AvgIpc) is 1.87. The topological polar surface area (TPSA) is 46.5 Å². The van der Waals surface area contributed by atoms with Crippen LogP contribution in [0.3, 0.4) is 0 Å². The first-order chi connectivity index (χ1) is 4.20. The van der Waals surface area contributed by atoms with Gasteiger partial charge in [0.1, 0.15) is 0 Å². The van der Waals surface area contributed by atoms with Crippen LogP contribution in [0, 0.1) is 0 Å². The minimum atomic E-state index is -0.544. The molecular weight excluding hydrogens is 180 g/mol. The van der Waals surface area contributed by atoms with Gasteiger partial charge < -0.3 is 9.84 Å². The zero-order valence-electron chi connectivity index (χ0n) is 5.76. The normalized spacial score (nSPS) is 8.21. The van der Waals surface area contributed by atoms with Crippen LogP contribution < -0.4 is 0 Å². The molecule has 0 radical (unpaired) electrons. The number of methoxy groups -OCH3 is 1. The Morgan fingerprint density at radius 1 is 1.21 bits per heavy atom.